The molecule has 0 aromatic heterocycles. The molecule has 5 heteroatoms. The SMILES string of the molecule is Cc1cccc(N)c1S(=O)(=O)N1CCCC1C(C)C. The summed E-state index contributed by atoms with van der Waals surface area (Å²) in [4.78, 5) is 0.280. The van der Waals surface area contributed by atoms with E-state index in [4.69, 9.17) is 5.73 Å². The monoisotopic (exact) mass is 282 g/mol. The number of anilines is 1. The summed E-state index contributed by atoms with van der Waals surface area (Å²) in [7, 11) is -3.49. The number of aryl methyl sites for hydroxylation is 1. The maximum Gasteiger partial charge on any atom is 0.245 e. The van der Waals surface area contributed by atoms with Crippen molar-refractivity contribution in [3.8, 4) is 0 Å². The molecule has 1 aliphatic rings. The van der Waals surface area contributed by atoms with E-state index in [1.165, 1.54) is 0 Å². The Balaban J connectivity index is 2.48. The summed E-state index contributed by atoms with van der Waals surface area (Å²) in [6, 6.07) is 5.32. The molecule has 2 N–H and O–H groups in total. The Morgan fingerprint density at radius 3 is 2.63 bits per heavy atom. The minimum atomic E-state index is -3.49. The molecule has 0 radical (unpaired) electrons. The topological polar surface area (TPSA) is 63.4 Å². The van der Waals surface area contributed by atoms with Gasteiger partial charge in [-0.25, -0.2) is 8.42 Å². The summed E-state index contributed by atoms with van der Waals surface area (Å²) in [5.41, 5.74) is 6.95. The Labute approximate surface area is 115 Å². The van der Waals surface area contributed by atoms with Crippen molar-refractivity contribution in [2.45, 2.75) is 44.6 Å². The first-order valence-electron chi connectivity index (χ1n) is 6.72. The second-order valence-corrected chi connectivity index (χ2v) is 7.39. The van der Waals surface area contributed by atoms with Crippen LogP contribution >= 0.6 is 0 Å². The number of nitrogens with two attached hydrogens (primary N) is 1. The molecule has 1 saturated heterocycles. The number of hydrogen-bond donors (Lipinski definition) is 1. The van der Waals surface area contributed by atoms with Crippen LogP contribution in [0.3, 0.4) is 0 Å². The molecule has 4 nitrogen and oxygen atoms in total. The van der Waals surface area contributed by atoms with Crippen LogP contribution in [0.1, 0.15) is 32.3 Å². The number of nitrogen functional groups attached to an aromatic ring is 1. The zero-order chi connectivity index (χ0) is 14.2. The van der Waals surface area contributed by atoms with Gasteiger partial charge in [-0.1, -0.05) is 26.0 Å². The summed E-state index contributed by atoms with van der Waals surface area (Å²) in [5, 5.41) is 0. The van der Waals surface area contributed by atoms with Gasteiger partial charge in [0.05, 0.1) is 5.69 Å². The van der Waals surface area contributed by atoms with E-state index in [0.717, 1.165) is 18.4 Å². The minimum Gasteiger partial charge on any atom is -0.398 e. The Morgan fingerprint density at radius 1 is 1.37 bits per heavy atom. The third-order valence-electron chi connectivity index (χ3n) is 3.83. The maximum atomic E-state index is 12.8. The van der Waals surface area contributed by atoms with E-state index < -0.39 is 10.0 Å². The summed E-state index contributed by atoms with van der Waals surface area (Å²) in [5.74, 6) is 0.322. The first-order chi connectivity index (χ1) is 8.85. The predicted molar refractivity (Wildman–Crippen MR) is 77.3 cm³/mol. The molecule has 2 rings (SSSR count). The van der Waals surface area contributed by atoms with Crippen LogP contribution < -0.4 is 5.73 Å². The summed E-state index contributed by atoms with van der Waals surface area (Å²) in [6.07, 6.45) is 1.86. The molecule has 106 valence electrons. The van der Waals surface area contributed by atoms with Gasteiger partial charge in [0.2, 0.25) is 10.0 Å². The molecule has 0 bridgehead atoms. The van der Waals surface area contributed by atoms with Gasteiger partial charge in [-0.2, -0.15) is 4.31 Å². The largest absolute Gasteiger partial charge is 0.398 e. The normalized spacial score (nSPS) is 21.2. The molecule has 0 spiro atoms. The smallest absolute Gasteiger partial charge is 0.245 e. The molecule has 1 unspecified atom stereocenters. The van der Waals surface area contributed by atoms with E-state index in [2.05, 4.69) is 13.8 Å². The zero-order valence-corrected chi connectivity index (χ0v) is 12.6. The van der Waals surface area contributed by atoms with Gasteiger partial charge in [-0.05, 0) is 37.3 Å². The van der Waals surface area contributed by atoms with E-state index >= 15 is 0 Å². The third-order valence-corrected chi connectivity index (χ3v) is 5.97. The number of hydrogen-bond acceptors (Lipinski definition) is 3. The molecular weight excluding hydrogens is 260 g/mol. The first kappa shape index (κ1) is 14.3. The highest BCUT2D eigenvalue weighted by Crippen LogP contribution is 2.33. The highest BCUT2D eigenvalue weighted by molar-refractivity contribution is 7.89. The van der Waals surface area contributed by atoms with E-state index in [1.54, 1.807) is 29.4 Å². The molecule has 1 aromatic rings. The van der Waals surface area contributed by atoms with Crippen molar-refractivity contribution in [3.05, 3.63) is 23.8 Å². The van der Waals surface area contributed by atoms with Crippen LogP contribution in [0.5, 0.6) is 0 Å². The van der Waals surface area contributed by atoms with Crippen LogP contribution in [-0.4, -0.2) is 25.3 Å². The molecule has 1 aromatic carbocycles. The first-order valence-corrected chi connectivity index (χ1v) is 8.16. The fraction of sp³-hybridized carbons (Fsp3) is 0.571. The standard InChI is InChI=1S/C14H22N2O2S/c1-10(2)13-8-5-9-16(13)19(17,18)14-11(3)6-4-7-12(14)15/h4,6-7,10,13H,5,8-9,15H2,1-3H3. The molecule has 0 saturated carbocycles. The molecule has 1 fully saturated rings. The van der Waals surface area contributed by atoms with Crippen molar-refractivity contribution in [2.75, 3.05) is 12.3 Å². The van der Waals surface area contributed by atoms with Gasteiger partial charge < -0.3 is 5.73 Å². The Bertz CT molecular complexity index is 547. The molecule has 1 heterocycles. The Hall–Kier alpha value is -1.07. The minimum absolute atomic E-state index is 0.0870. The quantitative estimate of drug-likeness (QED) is 0.866. The molecule has 0 aliphatic carbocycles. The lowest BCUT2D eigenvalue weighted by Crippen LogP contribution is -2.39. The molecular formula is C14H22N2O2S. The zero-order valence-electron chi connectivity index (χ0n) is 11.8. The van der Waals surface area contributed by atoms with Crippen LogP contribution in [0.2, 0.25) is 0 Å². The molecule has 19 heavy (non-hydrogen) atoms. The van der Waals surface area contributed by atoms with Gasteiger partial charge >= 0.3 is 0 Å². The third kappa shape index (κ3) is 2.49. The van der Waals surface area contributed by atoms with E-state index in [-0.39, 0.29) is 10.9 Å². The number of sulfonamides is 1. The lowest BCUT2D eigenvalue weighted by Gasteiger charge is -2.28. The van der Waals surface area contributed by atoms with Crippen LogP contribution in [0.15, 0.2) is 23.1 Å². The Kier molecular flexibility index (Phi) is 3.87. The number of rotatable bonds is 3. The van der Waals surface area contributed by atoms with Gasteiger partial charge in [0, 0.05) is 12.6 Å². The van der Waals surface area contributed by atoms with Gasteiger partial charge in [0.25, 0.3) is 0 Å². The molecule has 0 amide bonds. The van der Waals surface area contributed by atoms with Crippen LogP contribution in [0.25, 0.3) is 0 Å². The number of benzene rings is 1. The lowest BCUT2D eigenvalue weighted by atomic mass is 10.0. The van der Waals surface area contributed by atoms with Crippen molar-refractivity contribution in [2.24, 2.45) is 5.92 Å². The van der Waals surface area contributed by atoms with E-state index in [0.29, 0.717) is 18.2 Å². The van der Waals surface area contributed by atoms with Crippen LogP contribution in [0, 0.1) is 12.8 Å². The summed E-state index contributed by atoms with van der Waals surface area (Å²) in [6.45, 7) is 6.53. The second kappa shape index (κ2) is 5.13. The molecule has 1 aliphatic heterocycles. The van der Waals surface area contributed by atoms with Crippen molar-refractivity contribution >= 4 is 15.7 Å². The van der Waals surface area contributed by atoms with Crippen molar-refractivity contribution in [1.29, 1.82) is 0 Å². The number of nitrogens with zero attached hydrogens (tertiary/aromatic N) is 1. The predicted octanol–water partition coefficient (Wildman–Crippen LogP) is 2.39. The van der Waals surface area contributed by atoms with Gasteiger partial charge in [-0.15, -0.1) is 0 Å². The highest BCUT2D eigenvalue weighted by atomic mass is 32.2. The van der Waals surface area contributed by atoms with Crippen LogP contribution in [-0.2, 0) is 10.0 Å². The van der Waals surface area contributed by atoms with Gasteiger partial charge in [-0.3, -0.25) is 0 Å². The van der Waals surface area contributed by atoms with Crippen molar-refractivity contribution in [3.63, 3.8) is 0 Å². The Morgan fingerprint density at radius 2 is 2.05 bits per heavy atom. The van der Waals surface area contributed by atoms with Gasteiger partial charge in [0.15, 0.2) is 0 Å². The maximum absolute atomic E-state index is 12.8. The van der Waals surface area contributed by atoms with Crippen molar-refractivity contribution in [1.82, 2.24) is 4.31 Å². The lowest BCUT2D eigenvalue weighted by molar-refractivity contribution is 0.316. The molecule has 1 atom stereocenters. The van der Waals surface area contributed by atoms with E-state index in [1.807, 2.05) is 0 Å². The summed E-state index contributed by atoms with van der Waals surface area (Å²) >= 11 is 0. The summed E-state index contributed by atoms with van der Waals surface area (Å²) < 4.78 is 27.3. The highest BCUT2D eigenvalue weighted by Gasteiger charge is 2.38. The fourth-order valence-electron chi connectivity index (χ4n) is 2.88. The fourth-order valence-corrected chi connectivity index (χ4v) is 5.03. The van der Waals surface area contributed by atoms with Crippen molar-refractivity contribution < 1.29 is 8.42 Å². The van der Waals surface area contributed by atoms with Crippen LogP contribution in [0.4, 0.5) is 5.69 Å². The second-order valence-electron chi connectivity index (χ2n) is 5.56. The van der Waals surface area contributed by atoms with E-state index in [9.17, 15) is 8.42 Å². The van der Waals surface area contributed by atoms with Gasteiger partial charge in [0.1, 0.15) is 4.90 Å². The average molecular weight is 282 g/mol. The average Bonchev–Trinajstić information content (AvgIpc) is 2.77.